The normalized spacial score (nSPS) is 19.7. The van der Waals surface area contributed by atoms with E-state index in [1.54, 1.807) is 10.5 Å². The number of aliphatic imine (C=N–C) groups is 1. The average Bonchev–Trinajstić information content (AvgIpc) is 2.94. The molecule has 0 saturated heterocycles. The highest BCUT2D eigenvalue weighted by Crippen LogP contribution is 2.37. The Morgan fingerprint density at radius 1 is 0.870 bits per heavy atom. The Balaban J connectivity index is 0.000000140. The molecule has 1 aromatic heterocycles. The quantitative estimate of drug-likeness (QED) is 0.604. The van der Waals surface area contributed by atoms with E-state index in [0.717, 1.165) is 0 Å². The van der Waals surface area contributed by atoms with Gasteiger partial charge in [0.2, 0.25) is 0 Å². The zero-order chi connectivity index (χ0) is 16.4. The summed E-state index contributed by atoms with van der Waals surface area (Å²) in [5, 5.41) is 1.34. The van der Waals surface area contributed by atoms with Crippen LogP contribution in [0, 0.1) is 5.92 Å². The van der Waals surface area contributed by atoms with E-state index in [1.165, 1.54) is 73.5 Å². The van der Waals surface area contributed by atoms with Crippen molar-refractivity contribution in [1.29, 1.82) is 0 Å². The third kappa shape index (κ3) is 3.93. The van der Waals surface area contributed by atoms with Gasteiger partial charge in [-0.25, -0.2) is 4.98 Å². The lowest BCUT2D eigenvalue weighted by Crippen LogP contribution is -2.04. The molecule has 0 unspecified atom stereocenters. The largest absolute Gasteiger partial charge is 0.262 e. The van der Waals surface area contributed by atoms with Gasteiger partial charge in [0.25, 0.3) is 0 Å². The number of allylic oxidation sites excluding steroid dienone is 2. The molecular weight excluding hydrogens is 300 g/mol. The minimum atomic E-state index is 0.608. The fourth-order valence-corrected chi connectivity index (χ4v) is 4.46. The molecule has 0 bridgehead atoms. The molecule has 0 atom stereocenters. The SMILES string of the molecule is CC(C)C1=NC2=C(CC2)C1.CC(C)c1nc2c(s1)CCCCC2. The van der Waals surface area contributed by atoms with Gasteiger partial charge in [0, 0.05) is 28.6 Å². The van der Waals surface area contributed by atoms with Gasteiger partial charge in [-0.2, -0.15) is 0 Å². The first-order chi connectivity index (χ1) is 11.0. The maximum atomic E-state index is 4.73. The molecule has 3 aliphatic rings. The number of hydrogen-bond acceptors (Lipinski definition) is 3. The van der Waals surface area contributed by atoms with Crippen molar-refractivity contribution < 1.29 is 0 Å². The first-order valence-electron chi connectivity index (χ1n) is 9.31. The summed E-state index contributed by atoms with van der Waals surface area (Å²) in [5.74, 6) is 1.27. The van der Waals surface area contributed by atoms with Crippen LogP contribution in [0.2, 0.25) is 0 Å². The van der Waals surface area contributed by atoms with E-state index in [0.29, 0.717) is 11.8 Å². The molecule has 0 N–H and O–H groups in total. The van der Waals surface area contributed by atoms with Crippen molar-refractivity contribution in [3.8, 4) is 0 Å². The van der Waals surface area contributed by atoms with Crippen molar-refractivity contribution in [2.75, 3.05) is 0 Å². The molecule has 4 rings (SSSR count). The molecule has 3 heteroatoms. The van der Waals surface area contributed by atoms with Crippen LogP contribution in [0.5, 0.6) is 0 Å². The van der Waals surface area contributed by atoms with Crippen LogP contribution in [0.15, 0.2) is 16.3 Å². The van der Waals surface area contributed by atoms with E-state index in [-0.39, 0.29) is 0 Å². The number of aryl methyl sites for hydroxylation is 2. The zero-order valence-electron chi connectivity index (χ0n) is 15.1. The fraction of sp³-hybridized carbons (Fsp3) is 0.700. The van der Waals surface area contributed by atoms with Crippen molar-refractivity contribution in [3.05, 3.63) is 26.8 Å². The molecule has 0 amide bonds. The number of thiazole rings is 1. The monoisotopic (exact) mass is 330 g/mol. The summed E-state index contributed by atoms with van der Waals surface area (Å²) < 4.78 is 0. The van der Waals surface area contributed by atoms with Crippen molar-refractivity contribution in [1.82, 2.24) is 4.98 Å². The summed E-state index contributed by atoms with van der Waals surface area (Å²) in [4.78, 5) is 10.9. The van der Waals surface area contributed by atoms with Crippen LogP contribution in [0.25, 0.3) is 0 Å². The highest BCUT2D eigenvalue weighted by Gasteiger charge is 2.25. The summed E-state index contributed by atoms with van der Waals surface area (Å²) >= 11 is 1.95. The molecule has 0 radical (unpaired) electrons. The second-order valence-corrected chi connectivity index (χ2v) is 8.74. The molecule has 0 saturated carbocycles. The molecule has 2 aliphatic carbocycles. The zero-order valence-corrected chi connectivity index (χ0v) is 15.9. The van der Waals surface area contributed by atoms with Crippen molar-refractivity contribution >= 4 is 17.0 Å². The Bertz CT molecular complexity index is 596. The van der Waals surface area contributed by atoms with Crippen LogP contribution in [-0.4, -0.2) is 10.7 Å². The second-order valence-electron chi connectivity index (χ2n) is 7.62. The number of hydrogen-bond donors (Lipinski definition) is 0. The van der Waals surface area contributed by atoms with Gasteiger partial charge in [-0.3, -0.25) is 4.99 Å². The summed E-state index contributed by atoms with van der Waals surface area (Å²) in [6, 6.07) is 0. The lowest BCUT2D eigenvalue weighted by atomic mass is 9.92. The van der Waals surface area contributed by atoms with Crippen LogP contribution in [0.3, 0.4) is 0 Å². The Morgan fingerprint density at radius 2 is 1.65 bits per heavy atom. The Morgan fingerprint density at radius 3 is 2.22 bits per heavy atom. The van der Waals surface area contributed by atoms with E-state index in [2.05, 4.69) is 32.7 Å². The highest BCUT2D eigenvalue weighted by atomic mass is 32.1. The topological polar surface area (TPSA) is 25.2 Å². The van der Waals surface area contributed by atoms with Crippen LogP contribution >= 0.6 is 11.3 Å². The van der Waals surface area contributed by atoms with Gasteiger partial charge in [0.15, 0.2) is 0 Å². The lowest BCUT2D eigenvalue weighted by molar-refractivity contribution is 0.706. The van der Waals surface area contributed by atoms with Gasteiger partial charge in [-0.05, 0) is 50.0 Å². The summed E-state index contributed by atoms with van der Waals surface area (Å²) in [6.45, 7) is 8.92. The number of fused-ring (bicyclic) bond motifs is 1. The van der Waals surface area contributed by atoms with Gasteiger partial charge >= 0.3 is 0 Å². The minimum absolute atomic E-state index is 0.608. The van der Waals surface area contributed by atoms with Gasteiger partial charge in [0.1, 0.15) is 0 Å². The third-order valence-corrected chi connectivity index (χ3v) is 6.48. The molecule has 0 fully saturated rings. The van der Waals surface area contributed by atoms with Crippen molar-refractivity contribution in [2.45, 2.75) is 85.0 Å². The van der Waals surface area contributed by atoms with E-state index in [4.69, 9.17) is 4.98 Å². The van der Waals surface area contributed by atoms with Gasteiger partial charge < -0.3 is 0 Å². The molecule has 1 aromatic rings. The molecule has 0 spiro atoms. The lowest BCUT2D eigenvalue weighted by Gasteiger charge is -2.12. The Kier molecular flexibility index (Phi) is 5.35. The minimum Gasteiger partial charge on any atom is -0.262 e. The van der Waals surface area contributed by atoms with E-state index < -0.39 is 0 Å². The molecule has 2 heterocycles. The number of aromatic nitrogens is 1. The smallest absolute Gasteiger partial charge is 0.0956 e. The van der Waals surface area contributed by atoms with Gasteiger partial charge in [-0.1, -0.05) is 34.1 Å². The fourth-order valence-electron chi connectivity index (χ4n) is 3.30. The Hall–Kier alpha value is -0.960. The van der Waals surface area contributed by atoms with Crippen molar-refractivity contribution in [3.63, 3.8) is 0 Å². The average molecular weight is 331 g/mol. The van der Waals surface area contributed by atoms with Gasteiger partial charge in [-0.15, -0.1) is 11.3 Å². The Labute approximate surface area is 145 Å². The summed E-state index contributed by atoms with van der Waals surface area (Å²) in [7, 11) is 0. The molecule has 2 nitrogen and oxygen atoms in total. The molecule has 23 heavy (non-hydrogen) atoms. The van der Waals surface area contributed by atoms with E-state index in [1.807, 2.05) is 11.3 Å². The third-order valence-electron chi connectivity index (χ3n) is 5.02. The van der Waals surface area contributed by atoms with E-state index in [9.17, 15) is 0 Å². The molecule has 126 valence electrons. The second kappa shape index (κ2) is 7.29. The molecule has 1 aliphatic heterocycles. The first-order valence-corrected chi connectivity index (χ1v) is 10.1. The maximum absolute atomic E-state index is 4.73. The molecule has 0 aromatic carbocycles. The number of rotatable bonds is 2. The van der Waals surface area contributed by atoms with E-state index >= 15 is 0 Å². The standard InChI is InChI=1S/C11H17NS.C9H13N/c1-8(2)11-12-9-6-4-3-5-7-10(9)13-11;1-6(2)9-5-7-3-4-8(7)10-9/h8H,3-7H2,1-2H3;6H,3-5H2,1-2H3. The van der Waals surface area contributed by atoms with Crippen LogP contribution in [0.4, 0.5) is 0 Å². The maximum Gasteiger partial charge on any atom is 0.0956 e. The predicted molar refractivity (Wildman–Crippen MR) is 101 cm³/mol. The number of nitrogens with zero attached hydrogens (tertiary/aromatic N) is 2. The van der Waals surface area contributed by atoms with Crippen molar-refractivity contribution in [2.24, 2.45) is 10.9 Å². The van der Waals surface area contributed by atoms with Crippen LogP contribution < -0.4 is 0 Å². The van der Waals surface area contributed by atoms with Gasteiger partial charge in [0.05, 0.1) is 10.7 Å². The summed E-state index contributed by atoms with van der Waals surface area (Å²) in [6.07, 6.45) is 10.3. The van der Waals surface area contributed by atoms with Crippen LogP contribution in [0.1, 0.15) is 87.7 Å². The molecular formula is C20H30N2S. The predicted octanol–water partition coefficient (Wildman–Crippen LogP) is 6.07. The highest BCUT2D eigenvalue weighted by molar-refractivity contribution is 7.11. The first kappa shape index (κ1) is 16.9. The summed E-state index contributed by atoms with van der Waals surface area (Å²) in [5.41, 5.74) is 5.83. The van der Waals surface area contributed by atoms with Crippen LogP contribution in [-0.2, 0) is 12.8 Å².